The van der Waals surface area contributed by atoms with Crippen molar-refractivity contribution in [1.82, 2.24) is 41.7 Å². The van der Waals surface area contributed by atoms with Crippen LogP contribution in [0.1, 0.15) is 64.0 Å². The summed E-state index contributed by atoms with van der Waals surface area (Å²) < 4.78 is 0. The highest BCUT2D eigenvalue weighted by Crippen LogP contribution is 2.21. The third-order valence-corrected chi connectivity index (χ3v) is 10.8. The zero-order valence-electron chi connectivity index (χ0n) is 33.8. The standard InChI is InChI=1S/C42H56N8O9/c1-25(2)20-29-37(54)44-26(3)42(59)50-19-11-17-34(50)41(58)47-31(22-28-14-8-5-9-15-28)38(55)48-32(24-51)39(56)45-30(21-27-12-6-4-7-13-27)36(53)43-23-35(52)49-18-10-16-33(49)40(57)46-29/h4-9,12-15,25-26,29-34,51H,10-11,16-24H2,1-3H3,(H,43,53)(H,44,54)(H,45,56)(H,46,57)(H,47,58)(H,48,55). The summed E-state index contributed by atoms with van der Waals surface area (Å²) in [4.78, 5) is 113. The van der Waals surface area contributed by atoms with Crippen LogP contribution < -0.4 is 31.9 Å². The lowest BCUT2D eigenvalue weighted by Crippen LogP contribution is -2.61. The van der Waals surface area contributed by atoms with Crippen LogP contribution in [0.2, 0.25) is 0 Å². The molecule has 7 atom stereocenters. The summed E-state index contributed by atoms with van der Waals surface area (Å²) in [6.07, 6.45) is 1.82. The minimum absolute atomic E-state index is 0.000785. The average molecular weight is 817 g/mol. The summed E-state index contributed by atoms with van der Waals surface area (Å²) in [6.45, 7) is 4.35. The molecule has 17 nitrogen and oxygen atoms in total. The lowest BCUT2D eigenvalue weighted by molar-refractivity contribution is -0.142. The van der Waals surface area contributed by atoms with Gasteiger partial charge in [-0.3, -0.25) is 38.4 Å². The van der Waals surface area contributed by atoms with Crippen LogP contribution in [0.5, 0.6) is 0 Å². The number of hydrogen-bond acceptors (Lipinski definition) is 9. The van der Waals surface area contributed by atoms with Crippen molar-refractivity contribution in [3.63, 3.8) is 0 Å². The van der Waals surface area contributed by atoms with E-state index in [0.29, 0.717) is 30.4 Å². The molecule has 2 aromatic rings. The first-order chi connectivity index (χ1) is 28.2. The normalized spacial score (nSPS) is 27.1. The van der Waals surface area contributed by atoms with Crippen LogP contribution in [0.15, 0.2) is 60.7 Å². The van der Waals surface area contributed by atoms with Crippen molar-refractivity contribution in [1.29, 1.82) is 0 Å². The summed E-state index contributed by atoms with van der Waals surface area (Å²) >= 11 is 0. The number of nitrogens with zero attached hydrogens (tertiary/aromatic N) is 2. The monoisotopic (exact) mass is 816 g/mol. The van der Waals surface area contributed by atoms with Crippen LogP contribution in [0.4, 0.5) is 0 Å². The molecular formula is C42H56N8O9. The van der Waals surface area contributed by atoms with Crippen LogP contribution in [-0.4, -0.2) is 131 Å². The van der Waals surface area contributed by atoms with Gasteiger partial charge in [-0.2, -0.15) is 0 Å². The smallest absolute Gasteiger partial charge is 0.245 e. The third kappa shape index (κ3) is 11.9. The van der Waals surface area contributed by atoms with Crippen molar-refractivity contribution in [3.05, 3.63) is 71.8 Å². The van der Waals surface area contributed by atoms with E-state index < -0.39 is 103 Å². The minimum Gasteiger partial charge on any atom is -0.394 e. The Kier molecular flexibility index (Phi) is 15.6. The van der Waals surface area contributed by atoms with Crippen molar-refractivity contribution >= 4 is 47.3 Å². The van der Waals surface area contributed by atoms with Gasteiger partial charge >= 0.3 is 0 Å². The largest absolute Gasteiger partial charge is 0.394 e. The Labute approximate surface area is 343 Å². The van der Waals surface area contributed by atoms with Gasteiger partial charge in [0.25, 0.3) is 0 Å². The van der Waals surface area contributed by atoms with Crippen molar-refractivity contribution in [2.24, 2.45) is 5.92 Å². The van der Waals surface area contributed by atoms with Gasteiger partial charge in [-0.1, -0.05) is 74.5 Å². The fourth-order valence-electron chi connectivity index (χ4n) is 7.75. The van der Waals surface area contributed by atoms with Crippen LogP contribution in [-0.2, 0) is 51.2 Å². The van der Waals surface area contributed by atoms with Crippen molar-refractivity contribution in [3.8, 4) is 0 Å². The van der Waals surface area contributed by atoms with Crippen LogP contribution >= 0.6 is 0 Å². The fourth-order valence-corrected chi connectivity index (χ4v) is 7.75. The van der Waals surface area contributed by atoms with E-state index in [1.165, 1.54) is 16.7 Å². The second-order valence-electron chi connectivity index (χ2n) is 15.8. The molecule has 7 N–H and O–H groups in total. The molecule has 7 unspecified atom stereocenters. The van der Waals surface area contributed by atoms with Gasteiger partial charge in [0.2, 0.25) is 47.3 Å². The lowest BCUT2D eigenvalue weighted by Gasteiger charge is -2.30. The molecule has 0 aromatic heterocycles. The average Bonchev–Trinajstić information content (AvgIpc) is 3.92. The summed E-state index contributed by atoms with van der Waals surface area (Å²) in [7, 11) is 0. The van der Waals surface area contributed by atoms with E-state index >= 15 is 0 Å². The predicted molar refractivity (Wildman–Crippen MR) is 215 cm³/mol. The molecule has 3 heterocycles. The minimum atomic E-state index is -1.55. The van der Waals surface area contributed by atoms with Gasteiger partial charge in [-0.25, -0.2) is 0 Å². The zero-order valence-corrected chi connectivity index (χ0v) is 33.8. The molecule has 59 heavy (non-hydrogen) atoms. The van der Waals surface area contributed by atoms with E-state index in [9.17, 15) is 43.5 Å². The van der Waals surface area contributed by atoms with Gasteiger partial charge in [0.15, 0.2) is 0 Å². The number of rotatable bonds is 7. The van der Waals surface area contributed by atoms with Gasteiger partial charge in [0.05, 0.1) is 13.2 Å². The van der Waals surface area contributed by atoms with Gasteiger partial charge < -0.3 is 46.8 Å². The molecule has 3 aliphatic rings. The number of aliphatic hydroxyl groups is 1. The lowest BCUT2D eigenvalue weighted by atomic mass is 10.0. The van der Waals surface area contributed by atoms with Crippen LogP contribution in [0.25, 0.3) is 0 Å². The fraction of sp³-hybridized carbons (Fsp3) is 0.524. The molecule has 0 radical (unpaired) electrons. The molecule has 3 saturated heterocycles. The summed E-state index contributed by atoms with van der Waals surface area (Å²) in [5, 5.41) is 26.3. The molecule has 3 aliphatic heterocycles. The highest BCUT2D eigenvalue weighted by atomic mass is 16.3. The van der Waals surface area contributed by atoms with Crippen molar-refractivity contribution in [2.45, 2.75) is 108 Å². The van der Waals surface area contributed by atoms with Crippen molar-refractivity contribution < 1.29 is 43.5 Å². The number of hydrogen-bond donors (Lipinski definition) is 7. The first kappa shape index (κ1) is 44.3. The van der Waals surface area contributed by atoms with Crippen molar-refractivity contribution in [2.75, 3.05) is 26.2 Å². The molecular weight excluding hydrogens is 761 g/mol. The number of benzene rings is 2. The molecule has 318 valence electrons. The molecule has 8 amide bonds. The highest BCUT2D eigenvalue weighted by Gasteiger charge is 2.40. The Hall–Kier alpha value is -5.84. The molecule has 0 aliphatic carbocycles. The Morgan fingerprint density at radius 2 is 1.05 bits per heavy atom. The van der Waals surface area contributed by atoms with E-state index in [-0.39, 0.29) is 44.7 Å². The van der Waals surface area contributed by atoms with E-state index in [2.05, 4.69) is 31.9 Å². The van der Waals surface area contributed by atoms with Gasteiger partial charge in [0, 0.05) is 25.9 Å². The van der Waals surface area contributed by atoms with E-state index in [1.54, 1.807) is 60.7 Å². The quantitative estimate of drug-likeness (QED) is 0.183. The first-order valence-electron chi connectivity index (χ1n) is 20.3. The number of nitrogens with one attached hydrogen (secondary N) is 6. The maximum absolute atomic E-state index is 13.9. The van der Waals surface area contributed by atoms with E-state index in [4.69, 9.17) is 0 Å². The second kappa shape index (κ2) is 20.7. The Morgan fingerprint density at radius 3 is 1.61 bits per heavy atom. The van der Waals surface area contributed by atoms with Crippen LogP contribution in [0, 0.1) is 5.92 Å². The summed E-state index contributed by atoms with van der Waals surface area (Å²) in [5.41, 5.74) is 1.35. The molecule has 2 aromatic carbocycles. The Bertz CT molecular complexity index is 1850. The maximum atomic E-state index is 13.9. The first-order valence-corrected chi connectivity index (χ1v) is 20.3. The van der Waals surface area contributed by atoms with Gasteiger partial charge in [-0.05, 0) is 56.1 Å². The van der Waals surface area contributed by atoms with Crippen LogP contribution in [0.3, 0.4) is 0 Å². The third-order valence-electron chi connectivity index (χ3n) is 10.8. The number of aliphatic hydroxyl groups excluding tert-OH is 1. The summed E-state index contributed by atoms with van der Waals surface area (Å²) in [5.74, 6) is -5.29. The van der Waals surface area contributed by atoms with Gasteiger partial charge in [0.1, 0.15) is 42.3 Å². The highest BCUT2D eigenvalue weighted by molar-refractivity contribution is 5.98. The Balaban J connectivity index is 1.46. The zero-order chi connectivity index (χ0) is 42.6. The maximum Gasteiger partial charge on any atom is 0.245 e. The topological polar surface area (TPSA) is 235 Å². The molecule has 0 saturated carbocycles. The molecule has 3 fully saturated rings. The predicted octanol–water partition coefficient (Wildman–Crippen LogP) is -0.934. The number of carbonyl (C=O) groups is 8. The molecule has 17 heteroatoms. The molecule has 0 bridgehead atoms. The SMILES string of the molecule is CC(C)CC1NC(=O)C2CCCN2C(=O)CNC(=O)C(Cc2ccccc2)NC(=O)C(CO)NC(=O)C(Cc2ccccc2)NC(=O)C2CCCN2C(=O)C(C)NC1=O. The van der Waals surface area contributed by atoms with E-state index in [0.717, 1.165) is 0 Å². The number of fused-ring (bicyclic) bond motifs is 2. The second-order valence-corrected chi connectivity index (χ2v) is 15.8. The number of carbonyl (C=O) groups excluding carboxylic acids is 8. The molecule has 0 spiro atoms. The van der Waals surface area contributed by atoms with Gasteiger partial charge in [-0.15, -0.1) is 0 Å². The molecule has 5 rings (SSSR count). The number of amides is 8. The Morgan fingerprint density at radius 1 is 0.593 bits per heavy atom. The summed E-state index contributed by atoms with van der Waals surface area (Å²) in [6, 6.07) is 9.54. The van der Waals surface area contributed by atoms with E-state index in [1.807, 2.05) is 13.8 Å².